The van der Waals surface area contributed by atoms with Crippen molar-refractivity contribution in [3.63, 3.8) is 0 Å². The first-order chi connectivity index (χ1) is 7.87. The molecule has 2 rings (SSSR count). The predicted octanol–water partition coefficient (Wildman–Crippen LogP) is 1.27. The molecule has 0 aromatic rings. The van der Waals surface area contributed by atoms with Crippen molar-refractivity contribution in [3.8, 4) is 0 Å². The van der Waals surface area contributed by atoms with Crippen molar-refractivity contribution < 1.29 is 14.3 Å². The van der Waals surface area contributed by atoms with E-state index >= 15 is 0 Å². The van der Waals surface area contributed by atoms with Crippen molar-refractivity contribution in [1.82, 2.24) is 10.2 Å². The molecule has 0 aromatic heterocycles. The third kappa shape index (κ3) is 2.70. The number of ether oxygens (including phenoxy) is 1. The molecule has 17 heavy (non-hydrogen) atoms. The summed E-state index contributed by atoms with van der Waals surface area (Å²) < 4.78 is 5.37. The molecule has 0 bridgehead atoms. The zero-order valence-electron chi connectivity index (χ0n) is 10.7. The second-order valence-electron chi connectivity index (χ2n) is 5.74. The van der Waals surface area contributed by atoms with Crippen molar-refractivity contribution in [2.45, 2.75) is 57.7 Å². The van der Waals surface area contributed by atoms with Crippen LogP contribution in [0.1, 0.15) is 40.0 Å². The summed E-state index contributed by atoms with van der Waals surface area (Å²) in [4.78, 5) is 25.0. The smallest absolute Gasteiger partial charge is 0.410 e. The van der Waals surface area contributed by atoms with Crippen molar-refractivity contribution >= 4 is 12.0 Å². The molecule has 5 nitrogen and oxygen atoms in total. The number of nitrogens with zero attached hydrogens (tertiary/aromatic N) is 1. The molecule has 2 heterocycles. The standard InChI is InChI=1S/C12H20N2O3/c1-12(2,3)17-11(16)14-7-6-8-9(14)4-5-10(15)13-8/h8-9H,4-7H2,1-3H3,(H,13,15). The minimum absolute atomic E-state index is 0.0947. The van der Waals surface area contributed by atoms with Crippen LogP contribution < -0.4 is 5.32 Å². The summed E-state index contributed by atoms with van der Waals surface area (Å²) in [6.07, 6.45) is 1.81. The van der Waals surface area contributed by atoms with Crippen LogP contribution in [-0.2, 0) is 9.53 Å². The first-order valence-electron chi connectivity index (χ1n) is 6.16. The number of likely N-dealkylation sites (tertiary alicyclic amines) is 1. The Bertz CT molecular complexity index is 335. The molecular weight excluding hydrogens is 220 g/mol. The first kappa shape index (κ1) is 12.2. The maximum atomic E-state index is 12.0. The largest absolute Gasteiger partial charge is 0.444 e. The van der Waals surface area contributed by atoms with Gasteiger partial charge in [0.25, 0.3) is 0 Å². The van der Waals surface area contributed by atoms with Crippen molar-refractivity contribution in [1.29, 1.82) is 0 Å². The number of hydrogen-bond acceptors (Lipinski definition) is 3. The zero-order chi connectivity index (χ0) is 12.6. The SMILES string of the molecule is CC(C)(C)OC(=O)N1CCC2NC(=O)CCC21. The van der Waals surface area contributed by atoms with Crippen LogP contribution in [0.15, 0.2) is 0 Å². The van der Waals surface area contributed by atoms with Gasteiger partial charge in [0.2, 0.25) is 5.91 Å². The van der Waals surface area contributed by atoms with Crippen LogP contribution in [0.5, 0.6) is 0 Å². The van der Waals surface area contributed by atoms with Crippen LogP contribution in [0.25, 0.3) is 0 Å². The van der Waals surface area contributed by atoms with Gasteiger partial charge in [0, 0.05) is 13.0 Å². The summed E-state index contributed by atoms with van der Waals surface area (Å²) in [5, 5.41) is 2.94. The Morgan fingerprint density at radius 3 is 2.76 bits per heavy atom. The predicted molar refractivity (Wildman–Crippen MR) is 62.5 cm³/mol. The molecule has 2 amide bonds. The van der Waals surface area contributed by atoms with E-state index in [0.717, 1.165) is 12.8 Å². The van der Waals surface area contributed by atoms with Gasteiger partial charge in [0.1, 0.15) is 5.60 Å². The third-order valence-electron chi connectivity index (χ3n) is 3.19. The summed E-state index contributed by atoms with van der Waals surface area (Å²) >= 11 is 0. The van der Waals surface area contributed by atoms with Crippen LogP contribution >= 0.6 is 0 Å². The van der Waals surface area contributed by atoms with Crippen molar-refractivity contribution in [2.75, 3.05) is 6.54 Å². The molecule has 0 radical (unpaired) electrons. The summed E-state index contributed by atoms with van der Waals surface area (Å²) in [5.41, 5.74) is -0.465. The third-order valence-corrected chi connectivity index (χ3v) is 3.19. The minimum atomic E-state index is -0.465. The fourth-order valence-electron chi connectivity index (χ4n) is 2.48. The lowest BCUT2D eigenvalue weighted by Crippen LogP contribution is -2.51. The van der Waals surface area contributed by atoms with E-state index in [1.54, 1.807) is 4.90 Å². The number of nitrogens with one attached hydrogen (secondary N) is 1. The van der Waals surface area contributed by atoms with E-state index in [0.29, 0.717) is 13.0 Å². The second kappa shape index (κ2) is 4.20. The molecule has 2 unspecified atom stereocenters. The van der Waals surface area contributed by atoms with Gasteiger partial charge in [0.05, 0.1) is 12.1 Å². The molecule has 2 fully saturated rings. The Morgan fingerprint density at radius 2 is 2.12 bits per heavy atom. The number of fused-ring (bicyclic) bond motifs is 1. The monoisotopic (exact) mass is 240 g/mol. The van der Waals surface area contributed by atoms with E-state index in [4.69, 9.17) is 4.74 Å². The lowest BCUT2D eigenvalue weighted by molar-refractivity contribution is -0.124. The average Bonchev–Trinajstić information content (AvgIpc) is 2.57. The van der Waals surface area contributed by atoms with Gasteiger partial charge in [-0.25, -0.2) is 4.79 Å². The van der Waals surface area contributed by atoms with Crippen LogP contribution in [0.4, 0.5) is 4.79 Å². The quantitative estimate of drug-likeness (QED) is 0.693. The Labute approximate surface area is 101 Å². The van der Waals surface area contributed by atoms with E-state index in [1.807, 2.05) is 20.8 Å². The number of piperidine rings is 1. The van der Waals surface area contributed by atoms with Crippen LogP contribution in [-0.4, -0.2) is 41.1 Å². The summed E-state index contributed by atoms with van der Waals surface area (Å²) in [7, 11) is 0. The Kier molecular flexibility index (Phi) is 3.02. The van der Waals surface area contributed by atoms with E-state index in [9.17, 15) is 9.59 Å². The number of carbonyl (C=O) groups excluding carboxylic acids is 2. The molecule has 5 heteroatoms. The molecule has 96 valence electrons. The fraction of sp³-hybridized carbons (Fsp3) is 0.833. The molecule has 0 spiro atoms. The molecule has 2 aliphatic rings. The molecule has 2 aliphatic heterocycles. The highest BCUT2D eigenvalue weighted by Crippen LogP contribution is 2.27. The lowest BCUT2D eigenvalue weighted by atomic mass is 9.99. The van der Waals surface area contributed by atoms with E-state index < -0.39 is 5.60 Å². The zero-order valence-corrected chi connectivity index (χ0v) is 10.7. The van der Waals surface area contributed by atoms with Crippen molar-refractivity contribution in [2.24, 2.45) is 0 Å². The number of hydrogen-bond donors (Lipinski definition) is 1. The van der Waals surface area contributed by atoms with Crippen LogP contribution in [0.2, 0.25) is 0 Å². The van der Waals surface area contributed by atoms with Gasteiger partial charge >= 0.3 is 6.09 Å². The molecular formula is C12H20N2O3. The van der Waals surface area contributed by atoms with Gasteiger partial charge in [-0.2, -0.15) is 0 Å². The number of amides is 2. The van der Waals surface area contributed by atoms with E-state index in [-0.39, 0.29) is 24.1 Å². The molecule has 0 saturated carbocycles. The highest BCUT2D eigenvalue weighted by atomic mass is 16.6. The second-order valence-corrected chi connectivity index (χ2v) is 5.74. The Morgan fingerprint density at radius 1 is 1.41 bits per heavy atom. The fourth-order valence-corrected chi connectivity index (χ4v) is 2.48. The maximum absolute atomic E-state index is 12.0. The average molecular weight is 240 g/mol. The van der Waals surface area contributed by atoms with Gasteiger partial charge < -0.3 is 15.0 Å². The van der Waals surface area contributed by atoms with Crippen LogP contribution in [0, 0.1) is 0 Å². The topological polar surface area (TPSA) is 58.6 Å². The van der Waals surface area contributed by atoms with Gasteiger partial charge in [-0.1, -0.05) is 0 Å². The number of rotatable bonds is 0. The number of carbonyl (C=O) groups is 2. The Hall–Kier alpha value is -1.26. The first-order valence-corrected chi connectivity index (χ1v) is 6.16. The molecule has 0 aromatic carbocycles. The molecule has 0 aliphatic carbocycles. The van der Waals surface area contributed by atoms with E-state index in [1.165, 1.54) is 0 Å². The summed E-state index contributed by atoms with van der Waals surface area (Å²) in [6, 6.07) is 0.228. The van der Waals surface area contributed by atoms with Crippen LogP contribution in [0.3, 0.4) is 0 Å². The summed E-state index contributed by atoms with van der Waals surface area (Å²) in [5.74, 6) is 0.0947. The Balaban J connectivity index is 1.99. The molecule has 2 saturated heterocycles. The van der Waals surface area contributed by atoms with Gasteiger partial charge in [-0.3, -0.25) is 4.79 Å². The molecule has 2 atom stereocenters. The van der Waals surface area contributed by atoms with Crippen molar-refractivity contribution in [3.05, 3.63) is 0 Å². The highest BCUT2D eigenvalue weighted by Gasteiger charge is 2.41. The highest BCUT2D eigenvalue weighted by molar-refractivity contribution is 5.78. The maximum Gasteiger partial charge on any atom is 0.410 e. The normalized spacial score (nSPS) is 28.6. The van der Waals surface area contributed by atoms with Gasteiger partial charge in [-0.15, -0.1) is 0 Å². The lowest BCUT2D eigenvalue weighted by Gasteiger charge is -2.33. The summed E-state index contributed by atoms with van der Waals surface area (Å²) in [6.45, 7) is 6.26. The van der Waals surface area contributed by atoms with Gasteiger partial charge in [0.15, 0.2) is 0 Å². The van der Waals surface area contributed by atoms with E-state index in [2.05, 4.69) is 5.32 Å². The minimum Gasteiger partial charge on any atom is -0.444 e. The van der Waals surface area contributed by atoms with Gasteiger partial charge in [-0.05, 0) is 33.6 Å². The molecule has 1 N–H and O–H groups in total.